The average Bonchev–Trinajstić information content (AvgIpc) is 3.19. The SMILES string of the molecule is COc1ccc2cc(CNC3CCCC3)c(N3CCSCC3)nc2c1. The van der Waals surface area contributed by atoms with E-state index in [0.29, 0.717) is 6.04 Å². The minimum atomic E-state index is 0.677. The van der Waals surface area contributed by atoms with Gasteiger partial charge >= 0.3 is 0 Å². The van der Waals surface area contributed by atoms with Crippen molar-refractivity contribution in [2.45, 2.75) is 38.3 Å². The van der Waals surface area contributed by atoms with E-state index >= 15 is 0 Å². The molecule has 2 heterocycles. The number of anilines is 1. The molecule has 1 aliphatic heterocycles. The Bertz CT molecular complexity index is 724. The van der Waals surface area contributed by atoms with Gasteiger partial charge in [0.05, 0.1) is 12.6 Å². The lowest BCUT2D eigenvalue weighted by atomic mass is 10.1. The van der Waals surface area contributed by atoms with Crippen LogP contribution < -0.4 is 15.0 Å². The van der Waals surface area contributed by atoms with E-state index in [1.54, 1.807) is 7.11 Å². The molecule has 2 fully saturated rings. The molecule has 1 aromatic carbocycles. The molecule has 2 aliphatic rings. The summed E-state index contributed by atoms with van der Waals surface area (Å²) in [4.78, 5) is 7.51. The lowest BCUT2D eigenvalue weighted by Crippen LogP contribution is -2.35. The minimum absolute atomic E-state index is 0.677. The molecule has 134 valence electrons. The van der Waals surface area contributed by atoms with Crippen molar-refractivity contribution in [2.24, 2.45) is 0 Å². The van der Waals surface area contributed by atoms with Gasteiger partial charge < -0.3 is 15.0 Å². The molecular weight excluding hydrogens is 330 g/mol. The Kier molecular flexibility index (Phi) is 5.32. The molecule has 0 radical (unpaired) electrons. The van der Waals surface area contributed by atoms with E-state index in [-0.39, 0.29) is 0 Å². The zero-order valence-corrected chi connectivity index (χ0v) is 15.8. The van der Waals surface area contributed by atoms with Crippen molar-refractivity contribution in [3.8, 4) is 5.75 Å². The van der Waals surface area contributed by atoms with E-state index in [1.807, 2.05) is 23.9 Å². The van der Waals surface area contributed by atoms with Crippen molar-refractivity contribution in [1.29, 1.82) is 0 Å². The zero-order valence-electron chi connectivity index (χ0n) is 15.0. The third-order valence-electron chi connectivity index (χ3n) is 5.33. The Morgan fingerprint density at radius 3 is 2.76 bits per heavy atom. The van der Waals surface area contributed by atoms with Crippen molar-refractivity contribution in [2.75, 3.05) is 36.6 Å². The van der Waals surface area contributed by atoms with Crippen molar-refractivity contribution in [3.63, 3.8) is 0 Å². The fraction of sp³-hybridized carbons (Fsp3) is 0.550. The molecule has 1 aliphatic carbocycles. The number of hydrogen-bond donors (Lipinski definition) is 1. The summed E-state index contributed by atoms with van der Waals surface area (Å²) in [5.41, 5.74) is 2.36. The zero-order chi connectivity index (χ0) is 17.1. The largest absolute Gasteiger partial charge is 0.497 e. The summed E-state index contributed by atoms with van der Waals surface area (Å²) in [7, 11) is 1.71. The van der Waals surface area contributed by atoms with Gasteiger partial charge in [-0.2, -0.15) is 11.8 Å². The van der Waals surface area contributed by atoms with Crippen LogP contribution in [0.5, 0.6) is 5.75 Å². The highest BCUT2D eigenvalue weighted by Gasteiger charge is 2.19. The standard InChI is InChI=1S/C20H27N3OS/c1-24-18-7-6-15-12-16(14-21-17-4-2-3-5-17)20(22-19(15)13-18)23-8-10-25-11-9-23/h6-7,12-13,17,21H,2-5,8-11,14H2,1H3. The molecule has 2 aromatic rings. The van der Waals surface area contributed by atoms with Crippen molar-refractivity contribution >= 4 is 28.5 Å². The molecule has 0 spiro atoms. The summed E-state index contributed by atoms with van der Waals surface area (Å²) in [6.07, 6.45) is 5.36. The van der Waals surface area contributed by atoms with E-state index < -0.39 is 0 Å². The third-order valence-corrected chi connectivity index (χ3v) is 6.27. The summed E-state index contributed by atoms with van der Waals surface area (Å²) in [5.74, 6) is 4.41. The summed E-state index contributed by atoms with van der Waals surface area (Å²) in [6.45, 7) is 3.09. The number of hydrogen-bond acceptors (Lipinski definition) is 5. The second-order valence-corrected chi connectivity index (χ2v) is 8.22. The predicted octanol–water partition coefficient (Wildman–Crippen LogP) is 3.83. The smallest absolute Gasteiger partial charge is 0.133 e. The Labute approximate surface area is 154 Å². The normalized spacial score (nSPS) is 18.8. The van der Waals surface area contributed by atoms with Crippen molar-refractivity contribution in [3.05, 3.63) is 29.8 Å². The number of fused-ring (bicyclic) bond motifs is 1. The van der Waals surface area contributed by atoms with Gasteiger partial charge in [0.1, 0.15) is 11.6 Å². The van der Waals surface area contributed by atoms with Gasteiger partial charge in [-0.05, 0) is 31.0 Å². The first kappa shape index (κ1) is 17.0. The molecule has 1 saturated heterocycles. The molecule has 4 nitrogen and oxygen atoms in total. The minimum Gasteiger partial charge on any atom is -0.497 e. The van der Waals surface area contributed by atoms with Crippen LogP contribution in [0, 0.1) is 0 Å². The van der Waals surface area contributed by atoms with Crippen LogP contribution in [0.4, 0.5) is 5.82 Å². The predicted molar refractivity (Wildman–Crippen MR) is 107 cm³/mol. The first-order chi connectivity index (χ1) is 12.3. The second kappa shape index (κ2) is 7.83. The Morgan fingerprint density at radius 1 is 1.20 bits per heavy atom. The van der Waals surface area contributed by atoms with Gasteiger partial charge in [-0.3, -0.25) is 0 Å². The fourth-order valence-corrected chi connectivity index (χ4v) is 4.77. The highest BCUT2D eigenvalue weighted by molar-refractivity contribution is 7.99. The van der Waals surface area contributed by atoms with Crippen LogP contribution in [-0.4, -0.2) is 42.7 Å². The molecule has 1 saturated carbocycles. The van der Waals surface area contributed by atoms with Crippen molar-refractivity contribution in [1.82, 2.24) is 10.3 Å². The number of pyridine rings is 1. The fourth-order valence-electron chi connectivity index (χ4n) is 3.87. The van der Waals surface area contributed by atoms with E-state index in [2.05, 4.69) is 22.3 Å². The summed E-state index contributed by atoms with van der Waals surface area (Å²) in [6, 6.07) is 9.19. The average molecular weight is 358 g/mol. The van der Waals surface area contributed by atoms with Crippen LogP contribution in [0.2, 0.25) is 0 Å². The number of nitrogens with zero attached hydrogens (tertiary/aromatic N) is 2. The maximum absolute atomic E-state index is 5.38. The summed E-state index contributed by atoms with van der Waals surface area (Å²) in [5, 5.41) is 4.96. The van der Waals surface area contributed by atoms with Gasteiger partial charge in [-0.1, -0.05) is 12.8 Å². The highest BCUT2D eigenvalue weighted by atomic mass is 32.2. The molecule has 0 bridgehead atoms. The Balaban J connectivity index is 1.66. The Hall–Kier alpha value is -1.46. The number of aromatic nitrogens is 1. The van der Waals surface area contributed by atoms with Crippen LogP contribution in [0.1, 0.15) is 31.2 Å². The van der Waals surface area contributed by atoms with Crippen LogP contribution >= 0.6 is 11.8 Å². The maximum Gasteiger partial charge on any atom is 0.133 e. The molecule has 1 aromatic heterocycles. The Morgan fingerprint density at radius 2 is 2.00 bits per heavy atom. The topological polar surface area (TPSA) is 37.4 Å². The van der Waals surface area contributed by atoms with Crippen LogP contribution in [0.25, 0.3) is 10.9 Å². The third kappa shape index (κ3) is 3.87. The van der Waals surface area contributed by atoms with Gasteiger partial charge in [0.25, 0.3) is 0 Å². The maximum atomic E-state index is 5.38. The number of ether oxygens (including phenoxy) is 1. The quantitative estimate of drug-likeness (QED) is 0.880. The lowest BCUT2D eigenvalue weighted by molar-refractivity contribution is 0.415. The number of rotatable bonds is 5. The van der Waals surface area contributed by atoms with E-state index in [1.165, 1.54) is 48.1 Å². The van der Waals surface area contributed by atoms with Crippen molar-refractivity contribution < 1.29 is 4.74 Å². The van der Waals surface area contributed by atoms with Gasteiger partial charge in [-0.25, -0.2) is 4.98 Å². The van der Waals surface area contributed by atoms with Gasteiger partial charge in [0.2, 0.25) is 0 Å². The first-order valence-electron chi connectivity index (χ1n) is 9.37. The first-order valence-corrected chi connectivity index (χ1v) is 10.5. The van der Waals surface area contributed by atoms with Gasteiger partial charge in [0, 0.05) is 54.2 Å². The van der Waals surface area contributed by atoms with Crippen LogP contribution in [-0.2, 0) is 6.54 Å². The van der Waals surface area contributed by atoms with Crippen LogP contribution in [0.15, 0.2) is 24.3 Å². The monoisotopic (exact) mass is 357 g/mol. The molecule has 4 rings (SSSR count). The molecule has 25 heavy (non-hydrogen) atoms. The molecule has 0 amide bonds. The molecule has 0 atom stereocenters. The summed E-state index contributed by atoms with van der Waals surface area (Å²) < 4.78 is 5.38. The molecule has 1 N–H and O–H groups in total. The number of benzene rings is 1. The number of nitrogens with one attached hydrogen (secondary N) is 1. The van der Waals surface area contributed by atoms with E-state index in [9.17, 15) is 0 Å². The molecule has 0 unspecified atom stereocenters. The molecular formula is C20H27N3OS. The van der Waals surface area contributed by atoms with Gasteiger partial charge in [0.15, 0.2) is 0 Å². The van der Waals surface area contributed by atoms with Gasteiger partial charge in [-0.15, -0.1) is 0 Å². The number of methoxy groups -OCH3 is 1. The number of thioether (sulfide) groups is 1. The summed E-state index contributed by atoms with van der Waals surface area (Å²) >= 11 is 2.04. The van der Waals surface area contributed by atoms with Crippen LogP contribution in [0.3, 0.4) is 0 Å². The second-order valence-electron chi connectivity index (χ2n) is 6.99. The highest BCUT2D eigenvalue weighted by Crippen LogP contribution is 2.28. The van der Waals surface area contributed by atoms with E-state index in [4.69, 9.17) is 9.72 Å². The van der Waals surface area contributed by atoms with E-state index in [0.717, 1.165) is 36.7 Å². The molecule has 5 heteroatoms. The lowest BCUT2D eigenvalue weighted by Gasteiger charge is -2.30.